The molecule has 0 atom stereocenters. The van der Waals surface area contributed by atoms with E-state index in [9.17, 15) is 4.79 Å². The van der Waals surface area contributed by atoms with Crippen molar-refractivity contribution < 1.29 is 4.74 Å². The van der Waals surface area contributed by atoms with Crippen LogP contribution in [0.25, 0.3) is 22.6 Å². The highest BCUT2D eigenvalue weighted by atomic mass is 16.5. The minimum Gasteiger partial charge on any atom is -0.496 e. The maximum atomic E-state index is 12.1. The van der Waals surface area contributed by atoms with Gasteiger partial charge in [0.1, 0.15) is 11.6 Å². The van der Waals surface area contributed by atoms with E-state index in [2.05, 4.69) is 26.0 Å². The van der Waals surface area contributed by atoms with Crippen LogP contribution in [-0.2, 0) is 0 Å². The van der Waals surface area contributed by atoms with Crippen LogP contribution in [0.4, 0.5) is 0 Å². The van der Waals surface area contributed by atoms with E-state index in [1.807, 2.05) is 12.1 Å². The molecule has 3 aromatic rings. The standard InChI is InChI=1S/C17H18N4O2/c1-23-13-7-6-11(8-12(13)10-4-2-3-5-10)15-20-16-14(17(22)21-15)18-9-19-16/h6-10H,2-5H2,1H3,(H2,18,19,20,21,22). The first-order valence-corrected chi connectivity index (χ1v) is 7.88. The quantitative estimate of drug-likeness (QED) is 0.779. The Kier molecular flexibility index (Phi) is 3.37. The van der Waals surface area contributed by atoms with Gasteiger partial charge in [-0.3, -0.25) is 4.79 Å². The second-order valence-electron chi connectivity index (χ2n) is 5.95. The number of nitrogens with one attached hydrogen (secondary N) is 2. The lowest BCUT2D eigenvalue weighted by Gasteiger charge is -2.15. The van der Waals surface area contributed by atoms with E-state index >= 15 is 0 Å². The zero-order chi connectivity index (χ0) is 15.8. The number of ether oxygens (including phenoxy) is 1. The summed E-state index contributed by atoms with van der Waals surface area (Å²) in [5, 5.41) is 0. The second kappa shape index (κ2) is 5.53. The zero-order valence-electron chi connectivity index (χ0n) is 12.9. The third kappa shape index (κ3) is 2.40. The summed E-state index contributed by atoms with van der Waals surface area (Å²) < 4.78 is 5.52. The molecule has 2 heterocycles. The maximum Gasteiger partial charge on any atom is 0.277 e. The fraction of sp³-hybridized carbons (Fsp3) is 0.353. The average molecular weight is 310 g/mol. The van der Waals surface area contributed by atoms with Crippen molar-refractivity contribution in [2.24, 2.45) is 0 Å². The number of H-pyrrole nitrogens is 2. The summed E-state index contributed by atoms with van der Waals surface area (Å²) in [6.45, 7) is 0. The Morgan fingerprint density at radius 1 is 1.26 bits per heavy atom. The summed E-state index contributed by atoms with van der Waals surface area (Å²) in [7, 11) is 1.70. The number of nitrogens with zero attached hydrogens (tertiary/aromatic N) is 2. The first-order valence-electron chi connectivity index (χ1n) is 7.88. The van der Waals surface area contributed by atoms with Gasteiger partial charge in [0.05, 0.1) is 13.4 Å². The minimum atomic E-state index is -0.208. The number of methoxy groups -OCH3 is 1. The van der Waals surface area contributed by atoms with E-state index in [0.29, 0.717) is 22.9 Å². The van der Waals surface area contributed by atoms with Gasteiger partial charge in [-0.05, 0) is 42.5 Å². The predicted molar refractivity (Wildman–Crippen MR) is 87.7 cm³/mol. The molecule has 0 amide bonds. The Morgan fingerprint density at radius 2 is 2.09 bits per heavy atom. The molecule has 1 saturated carbocycles. The van der Waals surface area contributed by atoms with Crippen LogP contribution >= 0.6 is 0 Å². The lowest BCUT2D eigenvalue weighted by molar-refractivity contribution is 0.405. The fourth-order valence-electron chi connectivity index (χ4n) is 3.42. The third-order valence-electron chi connectivity index (χ3n) is 4.59. The molecule has 6 heteroatoms. The number of aromatic amines is 2. The Bertz CT molecular complexity index is 906. The van der Waals surface area contributed by atoms with Gasteiger partial charge in [0, 0.05) is 5.56 Å². The molecule has 0 radical (unpaired) electrons. The summed E-state index contributed by atoms with van der Waals surface area (Å²) in [6, 6.07) is 5.97. The van der Waals surface area contributed by atoms with Gasteiger partial charge < -0.3 is 14.7 Å². The van der Waals surface area contributed by atoms with Gasteiger partial charge >= 0.3 is 0 Å². The van der Waals surface area contributed by atoms with Crippen LogP contribution in [-0.4, -0.2) is 27.0 Å². The Morgan fingerprint density at radius 3 is 2.87 bits per heavy atom. The van der Waals surface area contributed by atoms with Crippen molar-refractivity contribution in [2.75, 3.05) is 7.11 Å². The first kappa shape index (κ1) is 14.0. The molecule has 0 spiro atoms. The normalized spacial score (nSPS) is 15.3. The van der Waals surface area contributed by atoms with Crippen LogP contribution in [0.2, 0.25) is 0 Å². The topological polar surface area (TPSA) is 83.7 Å². The molecule has 4 rings (SSSR count). The van der Waals surface area contributed by atoms with Gasteiger partial charge in [-0.1, -0.05) is 12.8 Å². The fourth-order valence-corrected chi connectivity index (χ4v) is 3.42. The maximum absolute atomic E-state index is 12.1. The van der Waals surface area contributed by atoms with Crippen molar-refractivity contribution in [2.45, 2.75) is 31.6 Å². The number of hydrogen-bond donors (Lipinski definition) is 2. The van der Waals surface area contributed by atoms with E-state index in [4.69, 9.17) is 4.74 Å². The lowest BCUT2D eigenvalue weighted by Crippen LogP contribution is -2.09. The summed E-state index contributed by atoms with van der Waals surface area (Å²) in [5.41, 5.74) is 2.71. The third-order valence-corrected chi connectivity index (χ3v) is 4.59. The second-order valence-corrected chi connectivity index (χ2v) is 5.95. The molecular weight excluding hydrogens is 292 g/mol. The van der Waals surface area contributed by atoms with Crippen LogP contribution < -0.4 is 10.3 Å². The molecule has 1 aliphatic rings. The number of rotatable bonds is 3. The molecule has 23 heavy (non-hydrogen) atoms. The van der Waals surface area contributed by atoms with E-state index < -0.39 is 0 Å². The molecule has 0 unspecified atom stereocenters. The van der Waals surface area contributed by atoms with Crippen molar-refractivity contribution >= 4 is 11.2 Å². The molecule has 1 aromatic carbocycles. The highest BCUT2D eigenvalue weighted by Gasteiger charge is 2.21. The summed E-state index contributed by atoms with van der Waals surface area (Å²) >= 11 is 0. The molecule has 1 fully saturated rings. The van der Waals surface area contributed by atoms with Crippen LogP contribution in [0.15, 0.2) is 29.3 Å². The van der Waals surface area contributed by atoms with E-state index in [-0.39, 0.29) is 5.56 Å². The van der Waals surface area contributed by atoms with Gasteiger partial charge in [0.25, 0.3) is 5.56 Å². The Balaban J connectivity index is 1.84. The monoisotopic (exact) mass is 310 g/mol. The first-order chi connectivity index (χ1) is 11.3. The SMILES string of the molecule is COc1ccc(-c2nc3nc[nH]c3c(=O)[nH]2)cc1C1CCCC1. The number of hydrogen-bond acceptors (Lipinski definition) is 4. The molecule has 0 saturated heterocycles. The van der Waals surface area contributed by atoms with Gasteiger partial charge in [0.15, 0.2) is 11.2 Å². The molecular formula is C17H18N4O2. The summed E-state index contributed by atoms with van der Waals surface area (Å²) in [5.74, 6) is 1.96. The lowest BCUT2D eigenvalue weighted by atomic mass is 9.94. The van der Waals surface area contributed by atoms with E-state index in [1.165, 1.54) is 37.6 Å². The Labute approximate surface area is 132 Å². The van der Waals surface area contributed by atoms with Crippen LogP contribution in [0.3, 0.4) is 0 Å². The van der Waals surface area contributed by atoms with Gasteiger partial charge in [-0.15, -0.1) is 0 Å². The zero-order valence-corrected chi connectivity index (χ0v) is 12.9. The number of imidazole rings is 1. The summed E-state index contributed by atoms with van der Waals surface area (Å²) in [6.07, 6.45) is 6.36. The molecule has 6 nitrogen and oxygen atoms in total. The highest BCUT2D eigenvalue weighted by molar-refractivity contribution is 5.72. The molecule has 1 aliphatic carbocycles. The van der Waals surface area contributed by atoms with Crippen molar-refractivity contribution in [3.63, 3.8) is 0 Å². The van der Waals surface area contributed by atoms with Gasteiger partial charge in [-0.2, -0.15) is 0 Å². The molecule has 2 aromatic heterocycles. The highest BCUT2D eigenvalue weighted by Crippen LogP contribution is 2.40. The molecule has 0 aliphatic heterocycles. The van der Waals surface area contributed by atoms with E-state index in [0.717, 1.165) is 11.3 Å². The molecule has 118 valence electrons. The van der Waals surface area contributed by atoms with E-state index in [1.54, 1.807) is 7.11 Å². The van der Waals surface area contributed by atoms with Crippen LogP contribution in [0.1, 0.15) is 37.2 Å². The predicted octanol–water partition coefficient (Wildman–Crippen LogP) is 2.98. The Hall–Kier alpha value is -2.63. The molecule has 0 bridgehead atoms. The van der Waals surface area contributed by atoms with Crippen LogP contribution in [0.5, 0.6) is 5.75 Å². The van der Waals surface area contributed by atoms with Crippen molar-refractivity contribution in [1.82, 2.24) is 19.9 Å². The average Bonchev–Trinajstić information content (AvgIpc) is 3.25. The van der Waals surface area contributed by atoms with Crippen molar-refractivity contribution in [1.29, 1.82) is 0 Å². The molecule has 2 N–H and O–H groups in total. The number of aromatic nitrogens is 4. The summed E-state index contributed by atoms with van der Waals surface area (Å²) in [4.78, 5) is 26.3. The van der Waals surface area contributed by atoms with Gasteiger partial charge in [0.2, 0.25) is 0 Å². The van der Waals surface area contributed by atoms with Crippen molar-refractivity contribution in [3.05, 3.63) is 40.4 Å². The number of fused-ring (bicyclic) bond motifs is 1. The van der Waals surface area contributed by atoms with Crippen molar-refractivity contribution in [3.8, 4) is 17.1 Å². The van der Waals surface area contributed by atoms with Gasteiger partial charge in [-0.25, -0.2) is 9.97 Å². The largest absolute Gasteiger partial charge is 0.496 e. The number of benzene rings is 1. The minimum absolute atomic E-state index is 0.208. The smallest absolute Gasteiger partial charge is 0.277 e. The van der Waals surface area contributed by atoms with Crippen LogP contribution in [0, 0.1) is 0 Å².